The van der Waals surface area contributed by atoms with Crippen molar-refractivity contribution in [2.24, 2.45) is 5.10 Å². The fourth-order valence-corrected chi connectivity index (χ4v) is 1.60. The molecule has 0 aromatic heterocycles. The Balaban J connectivity index is 2.95. The van der Waals surface area contributed by atoms with Gasteiger partial charge < -0.3 is 10.4 Å². The van der Waals surface area contributed by atoms with E-state index in [1.165, 1.54) is 17.3 Å². The number of hydrogen-bond donors (Lipinski definition) is 2. The van der Waals surface area contributed by atoms with Gasteiger partial charge in [-0.15, -0.1) is 0 Å². The third-order valence-corrected chi connectivity index (χ3v) is 2.91. The van der Waals surface area contributed by atoms with Crippen LogP contribution in [0.1, 0.15) is 5.56 Å². The van der Waals surface area contributed by atoms with Crippen LogP contribution in [0.15, 0.2) is 17.2 Å². The van der Waals surface area contributed by atoms with Crippen molar-refractivity contribution in [1.82, 2.24) is 10.3 Å². The molecule has 0 heterocycles. The van der Waals surface area contributed by atoms with Gasteiger partial charge in [-0.05, 0) is 24.4 Å². The van der Waals surface area contributed by atoms with Crippen molar-refractivity contribution >= 4 is 46.7 Å². The quantitative estimate of drug-likeness (QED) is 0.499. The zero-order chi connectivity index (χ0) is 13.0. The van der Waals surface area contributed by atoms with Crippen LogP contribution in [-0.4, -0.2) is 35.5 Å². The summed E-state index contributed by atoms with van der Waals surface area (Å²) in [5, 5.41) is 19.0. The predicted molar refractivity (Wildman–Crippen MR) is 75.1 cm³/mol. The second-order valence-electron chi connectivity index (χ2n) is 3.15. The number of halogens is 2. The standard InChI is InChI=1S/C10H11Cl2N3OS/c1-13-10(17)15(2)14-5-6-3-7(11)4-8(12)9(6)16/h3-5,16H,1-2H3,(H,13,17)/b14-5+. The number of phenolic OH excluding ortho intramolecular Hbond substituents is 1. The van der Waals surface area contributed by atoms with Crippen LogP contribution in [0.25, 0.3) is 0 Å². The summed E-state index contributed by atoms with van der Waals surface area (Å²) in [6.07, 6.45) is 1.43. The molecule has 0 spiro atoms. The summed E-state index contributed by atoms with van der Waals surface area (Å²) in [5.41, 5.74) is 0.424. The highest BCUT2D eigenvalue weighted by molar-refractivity contribution is 7.80. The van der Waals surface area contributed by atoms with Crippen molar-refractivity contribution < 1.29 is 5.11 Å². The fourth-order valence-electron chi connectivity index (χ4n) is 1.05. The molecule has 0 saturated carbocycles. The van der Waals surface area contributed by atoms with Gasteiger partial charge in [0, 0.05) is 24.7 Å². The van der Waals surface area contributed by atoms with Gasteiger partial charge in [0.1, 0.15) is 5.75 Å². The van der Waals surface area contributed by atoms with Crippen LogP contribution in [-0.2, 0) is 0 Å². The van der Waals surface area contributed by atoms with Gasteiger partial charge in [-0.3, -0.25) is 0 Å². The highest BCUT2D eigenvalue weighted by Crippen LogP contribution is 2.29. The van der Waals surface area contributed by atoms with Gasteiger partial charge in [-0.25, -0.2) is 5.01 Å². The zero-order valence-corrected chi connectivity index (χ0v) is 11.6. The Bertz CT molecular complexity index is 465. The van der Waals surface area contributed by atoms with E-state index in [2.05, 4.69) is 10.4 Å². The Hall–Kier alpha value is -1.04. The number of rotatable bonds is 2. The first kappa shape index (κ1) is 14.0. The lowest BCUT2D eigenvalue weighted by Crippen LogP contribution is -2.30. The molecule has 2 N–H and O–H groups in total. The van der Waals surface area contributed by atoms with Gasteiger partial charge in [0.2, 0.25) is 0 Å². The third kappa shape index (κ3) is 3.73. The molecule has 0 aliphatic rings. The summed E-state index contributed by atoms with van der Waals surface area (Å²) in [7, 11) is 3.38. The molecule has 17 heavy (non-hydrogen) atoms. The van der Waals surface area contributed by atoms with E-state index < -0.39 is 0 Å². The maximum atomic E-state index is 9.68. The fraction of sp³-hybridized carbons (Fsp3) is 0.200. The molecule has 0 amide bonds. The van der Waals surface area contributed by atoms with E-state index in [1.54, 1.807) is 20.2 Å². The van der Waals surface area contributed by atoms with Gasteiger partial charge in [-0.2, -0.15) is 5.10 Å². The van der Waals surface area contributed by atoms with Crippen molar-refractivity contribution in [3.05, 3.63) is 27.7 Å². The van der Waals surface area contributed by atoms with Crippen LogP contribution in [0.4, 0.5) is 0 Å². The molecule has 0 saturated heterocycles. The molecule has 0 fully saturated rings. The number of aromatic hydroxyl groups is 1. The topological polar surface area (TPSA) is 47.9 Å². The highest BCUT2D eigenvalue weighted by atomic mass is 35.5. The minimum Gasteiger partial charge on any atom is -0.506 e. The van der Waals surface area contributed by atoms with Gasteiger partial charge in [-0.1, -0.05) is 23.2 Å². The minimum absolute atomic E-state index is 0.0661. The first-order valence-electron chi connectivity index (χ1n) is 4.63. The molecule has 7 heteroatoms. The van der Waals surface area contributed by atoms with Crippen LogP contribution in [0.3, 0.4) is 0 Å². The summed E-state index contributed by atoms with van der Waals surface area (Å²) in [5.74, 6) is -0.0661. The molecule has 0 bridgehead atoms. The molecular weight excluding hydrogens is 281 g/mol. The van der Waals surface area contributed by atoms with Crippen molar-refractivity contribution in [3.8, 4) is 5.75 Å². The summed E-state index contributed by atoms with van der Waals surface area (Å²) in [4.78, 5) is 0. The van der Waals surface area contributed by atoms with Crippen LogP contribution in [0.5, 0.6) is 5.75 Å². The number of hydrogen-bond acceptors (Lipinski definition) is 3. The molecule has 92 valence electrons. The Morgan fingerprint density at radius 1 is 1.53 bits per heavy atom. The lowest BCUT2D eigenvalue weighted by molar-refractivity contribution is 0.474. The Morgan fingerprint density at radius 2 is 2.18 bits per heavy atom. The molecule has 0 radical (unpaired) electrons. The first-order valence-corrected chi connectivity index (χ1v) is 5.79. The Kier molecular flexibility index (Phi) is 4.99. The minimum atomic E-state index is -0.0661. The maximum absolute atomic E-state index is 9.68. The van der Waals surface area contributed by atoms with E-state index >= 15 is 0 Å². The Labute approximate surface area is 115 Å². The van der Waals surface area contributed by atoms with Gasteiger partial charge in [0.15, 0.2) is 5.11 Å². The highest BCUT2D eigenvalue weighted by Gasteiger charge is 2.06. The monoisotopic (exact) mass is 291 g/mol. The summed E-state index contributed by atoms with van der Waals surface area (Å²) >= 11 is 16.6. The molecule has 1 rings (SSSR count). The van der Waals surface area contributed by atoms with E-state index in [0.29, 0.717) is 15.7 Å². The maximum Gasteiger partial charge on any atom is 0.189 e. The molecule has 0 atom stereocenters. The van der Waals surface area contributed by atoms with Gasteiger partial charge >= 0.3 is 0 Å². The molecule has 4 nitrogen and oxygen atoms in total. The number of phenols is 1. The number of thiocarbonyl (C=S) groups is 1. The lowest BCUT2D eigenvalue weighted by atomic mass is 10.2. The molecular formula is C10H11Cl2N3OS. The lowest BCUT2D eigenvalue weighted by Gasteiger charge is -2.12. The van der Waals surface area contributed by atoms with Crippen molar-refractivity contribution in [2.75, 3.05) is 14.1 Å². The van der Waals surface area contributed by atoms with Crippen molar-refractivity contribution in [3.63, 3.8) is 0 Å². The average molecular weight is 292 g/mol. The van der Waals surface area contributed by atoms with E-state index in [4.69, 9.17) is 35.4 Å². The number of nitrogens with one attached hydrogen (secondary N) is 1. The Morgan fingerprint density at radius 3 is 2.76 bits per heavy atom. The van der Waals surface area contributed by atoms with Crippen molar-refractivity contribution in [2.45, 2.75) is 0 Å². The number of nitrogens with zero attached hydrogens (tertiary/aromatic N) is 2. The van der Waals surface area contributed by atoms with Crippen molar-refractivity contribution in [1.29, 1.82) is 0 Å². The van der Waals surface area contributed by atoms with Crippen LogP contribution in [0.2, 0.25) is 10.0 Å². The van der Waals surface area contributed by atoms with E-state index in [9.17, 15) is 5.11 Å². The molecule has 0 unspecified atom stereocenters. The largest absolute Gasteiger partial charge is 0.506 e. The van der Waals surface area contributed by atoms with Crippen LogP contribution < -0.4 is 5.32 Å². The molecule has 0 aliphatic heterocycles. The van der Waals surface area contributed by atoms with Gasteiger partial charge in [0.05, 0.1) is 11.2 Å². The molecule has 1 aromatic carbocycles. The summed E-state index contributed by atoms with van der Waals surface area (Å²) in [6.45, 7) is 0. The molecule has 0 aliphatic carbocycles. The normalized spacial score (nSPS) is 10.6. The third-order valence-electron chi connectivity index (χ3n) is 1.94. The van der Waals surface area contributed by atoms with E-state index in [1.807, 2.05) is 0 Å². The zero-order valence-electron chi connectivity index (χ0n) is 9.24. The van der Waals surface area contributed by atoms with Gasteiger partial charge in [0.25, 0.3) is 0 Å². The first-order chi connectivity index (χ1) is 7.95. The predicted octanol–water partition coefficient (Wildman–Crippen LogP) is 2.47. The second-order valence-corrected chi connectivity index (χ2v) is 4.38. The van der Waals surface area contributed by atoms with E-state index in [0.717, 1.165) is 0 Å². The number of benzene rings is 1. The number of hydrazone groups is 1. The summed E-state index contributed by atoms with van der Waals surface area (Å²) < 4.78 is 0. The van der Waals surface area contributed by atoms with Crippen LogP contribution >= 0.6 is 35.4 Å². The molecule has 1 aromatic rings. The van der Waals surface area contributed by atoms with E-state index in [-0.39, 0.29) is 10.8 Å². The average Bonchev–Trinajstić information content (AvgIpc) is 2.30. The SMILES string of the molecule is CNC(=S)N(C)/N=C/c1cc(Cl)cc(Cl)c1O. The van der Waals surface area contributed by atoms with Crippen LogP contribution in [0, 0.1) is 0 Å². The summed E-state index contributed by atoms with van der Waals surface area (Å²) in [6, 6.07) is 3.01. The second kappa shape index (κ2) is 6.05. The smallest absolute Gasteiger partial charge is 0.189 e.